The molecule has 20 heavy (non-hydrogen) atoms. The number of nitrogens with zero attached hydrogens (tertiary/aromatic N) is 2. The Morgan fingerprint density at radius 3 is 2.50 bits per heavy atom. The highest BCUT2D eigenvalue weighted by atomic mass is 16.4. The van der Waals surface area contributed by atoms with Gasteiger partial charge in [0, 0.05) is 17.8 Å². The summed E-state index contributed by atoms with van der Waals surface area (Å²) in [6.45, 7) is 4.96. The standard InChI is InChI=1S/C15H19N3O2/c1-10-14(8-16)11(2)18(17-10)9-13-6-4-3-5-12(13)7-15(19)20/h3-6H,7-9,16H2,1-2H3,(H,19,20). The molecule has 1 heterocycles. The lowest BCUT2D eigenvalue weighted by Crippen LogP contribution is -2.09. The van der Waals surface area contributed by atoms with E-state index in [1.807, 2.05) is 42.8 Å². The summed E-state index contributed by atoms with van der Waals surface area (Å²) in [5.74, 6) is -0.825. The van der Waals surface area contributed by atoms with Gasteiger partial charge in [-0.2, -0.15) is 5.10 Å². The highest BCUT2D eigenvalue weighted by molar-refractivity contribution is 5.70. The van der Waals surface area contributed by atoms with Crippen molar-refractivity contribution >= 4 is 5.97 Å². The maximum Gasteiger partial charge on any atom is 0.307 e. The van der Waals surface area contributed by atoms with Crippen LogP contribution in [0.5, 0.6) is 0 Å². The first-order chi connectivity index (χ1) is 9.52. The third kappa shape index (κ3) is 2.88. The molecule has 3 N–H and O–H groups in total. The molecule has 0 aliphatic heterocycles. The van der Waals surface area contributed by atoms with Crippen molar-refractivity contribution in [1.82, 2.24) is 9.78 Å². The number of rotatable bonds is 5. The summed E-state index contributed by atoms with van der Waals surface area (Å²) in [5, 5.41) is 13.4. The van der Waals surface area contributed by atoms with Crippen LogP contribution in [-0.4, -0.2) is 20.9 Å². The fraction of sp³-hybridized carbons (Fsp3) is 0.333. The molecule has 0 saturated heterocycles. The van der Waals surface area contributed by atoms with Gasteiger partial charge in [-0.15, -0.1) is 0 Å². The third-order valence-corrected chi connectivity index (χ3v) is 3.52. The molecule has 1 aromatic heterocycles. The van der Waals surface area contributed by atoms with Gasteiger partial charge in [-0.25, -0.2) is 0 Å². The molecule has 0 aliphatic carbocycles. The van der Waals surface area contributed by atoms with Crippen LogP contribution in [0.25, 0.3) is 0 Å². The van der Waals surface area contributed by atoms with Gasteiger partial charge >= 0.3 is 5.97 Å². The molecule has 0 bridgehead atoms. The molecule has 0 aliphatic rings. The number of nitrogens with two attached hydrogens (primary N) is 1. The second-order valence-electron chi connectivity index (χ2n) is 4.85. The average Bonchev–Trinajstić information content (AvgIpc) is 2.66. The van der Waals surface area contributed by atoms with Crippen LogP contribution in [0.1, 0.15) is 28.1 Å². The molecule has 5 heteroatoms. The second-order valence-corrected chi connectivity index (χ2v) is 4.85. The molecule has 5 nitrogen and oxygen atoms in total. The predicted octanol–water partition coefficient (Wildman–Crippen LogP) is 1.63. The van der Waals surface area contributed by atoms with Gasteiger partial charge in [-0.05, 0) is 25.0 Å². The highest BCUT2D eigenvalue weighted by Gasteiger charge is 2.12. The van der Waals surface area contributed by atoms with Crippen molar-refractivity contribution in [3.8, 4) is 0 Å². The third-order valence-electron chi connectivity index (χ3n) is 3.52. The average molecular weight is 273 g/mol. The molecule has 0 spiro atoms. The van der Waals surface area contributed by atoms with Crippen LogP contribution >= 0.6 is 0 Å². The van der Waals surface area contributed by atoms with Crippen molar-refractivity contribution in [2.45, 2.75) is 33.4 Å². The quantitative estimate of drug-likeness (QED) is 0.867. The van der Waals surface area contributed by atoms with E-state index in [0.29, 0.717) is 13.1 Å². The zero-order valence-electron chi connectivity index (χ0n) is 11.8. The van der Waals surface area contributed by atoms with E-state index in [9.17, 15) is 4.79 Å². The molecule has 1 aromatic carbocycles. The lowest BCUT2D eigenvalue weighted by molar-refractivity contribution is -0.136. The van der Waals surface area contributed by atoms with Gasteiger partial charge in [-0.3, -0.25) is 9.48 Å². The molecule has 0 saturated carbocycles. The Balaban J connectivity index is 2.33. The summed E-state index contributed by atoms with van der Waals surface area (Å²) in [5.41, 5.74) is 10.5. The minimum absolute atomic E-state index is 0.0270. The van der Waals surface area contributed by atoms with Gasteiger partial charge in [0.2, 0.25) is 0 Å². The Morgan fingerprint density at radius 2 is 1.95 bits per heavy atom. The molecule has 2 aromatic rings. The van der Waals surface area contributed by atoms with E-state index in [0.717, 1.165) is 28.1 Å². The van der Waals surface area contributed by atoms with Crippen molar-refractivity contribution < 1.29 is 9.90 Å². The highest BCUT2D eigenvalue weighted by Crippen LogP contribution is 2.16. The summed E-state index contributed by atoms with van der Waals surface area (Å²) >= 11 is 0. The van der Waals surface area contributed by atoms with Crippen LogP contribution in [-0.2, 0) is 24.3 Å². The van der Waals surface area contributed by atoms with Crippen molar-refractivity contribution in [2.75, 3.05) is 0 Å². The van der Waals surface area contributed by atoms with E-state index >= 15 is 0 Å². The number of aliphatic carboxylic acids is 1. The van der Waals surface area contributed by atoms with Gasteiger partial charge in [0.25, 0.3) is 0 Å². The van der Waals surface area contributed by atoms with Crippen molar-refractivity contribution in [2.24, 2.45) is 5.73 Å². The predicted molar refractivity (Wildman–Crippen MR) is 76.5 cm³/mol. The zero-order valence-corrected chi connectivity index (χ0v) is 11.8. The lowest BCUT2D eigenvalue weighted by Gasteiger charge is -2.09. The number of aromatic nitrogens is 2. The van der Waals surface area contributed by atoms with Crippen molar-refractivity contribution in [1.29, 1.82) is 0 Å². The van der Waals surface area contributed by atoms with E-state index in [2.05, 4.69) is 5.10 Å². The monoisotopic (exact) mass is 273 g/mol. The van der Waals surface area contributed by atoms with Gasteiger partial charge in [0.05, 0.1) is 18.7 Å². The minimum atomic E-state index is -0.825. The summed E-state index contributed by atoms with van der Waals surface area (Å²) in [6, 6.07) is 7.56. The first kappa shape index (κ1) is 14.3. The topological polar surface area (TPSA) is 81.1 Å². The van der Waals surface area contributed by atoms with Crippen molar-refractivity contribution in [3.05, 3.63) is 52.3 Å². The van der Waals surface area contributed by atoms with Gasteiger partial charge in [0.15, 0.2) is 0 Å². The molecule has 0 amide bonds. The number of aryl methyl sites for hydroxylation is 1. The summed E-state index contributed by atoms with van der Waals surface area (Å²) in [6.07, 6.45) is 0.0270. The molecule has 0 radical (unpaired) electrons. The molecule has 2 rings (SSSR count). The van der Waals surface area contributed by atoms with E-state index in [4.69, 9.17) is 10.8 Å². The van der Waals surface area contributed by atoms with Gasteiger partial charge in [-0.1, -0.05) is 24.3 Å². The molecule has 0 fully saturated rings. The van der Waals surface area contributed by atoms with E-state index in [1.54, 1.807) is 0 Å². The summed E-state index contributed by atoms with van der Waals surface area (Å²) in [7, 11) is 0. The van der Waals surface area contributed by atoms with Gasteiger partial charge in [0.1, 0.15) is 0 Å². The second kappa shape index (κ2) is 5.88. The maximum atomic E-state index is 10.9. The smallest absolute Gasteiger partial charge is 0.307 e. The Hall–Kier alpha value is -2.14. The lowest BCUT2D eigenvalue weighted by atomic mass is 10.0. The Labute approximate surface area is 118 Å². The van der Waals surface area contributed by atoms with Crippen LogP contribution in [0.3, 0.4) is 0 Å². The fourth-order valence-corrected chi connectivity index (χ4v) is 2.39. The number of hydrogen-bond donors (Lipinski definition) is 2. The first-order valence-corrected chi connectivity index (χ1v) is 6.54. The zero-order chi connectivity index (χ0) is 14.7. The number of carbonyl (C=O) groups is 1. The van der Waals surface area contributed by atoms with E-state index in [1.165, 1.54) is 0 Å². The SMILES string of the molecule is Cc1nn(Cc2ccccc2CC(=O)O)c(C)c1CN. The number of carboxylic acids is 1. The molecular formula is C15H19N3O2. The Kier molecular flexibility index (Phi) is 4.20. The summed E-state index contributed by atoms with van der Waals surface area (Å²) in [4.78, 5) is 10.9. The molecule has 0 atom stereocenters. The largest absolute Gasteiger partial charge is 0.481 e. The van der Waals surface area contributed by atoms with Crippen LogP contribution in [0.15, 0.2) is 24.3 Å². The number of carboxylic acid groups (broad SMARTS) is 1. The van der Waals surface area contributed by atoms with E-state index < -0.39 is 5.97 Å². The Bertz CT molecular complexity index is 632. The summed E-state index contributed by atoms with van der Waals surface area (Å²) < 4.78 is 1.89. The van der Waals surface area contributed by atoms with Crippen LogP contribution < -0.4 is 5.73 Å². The van der Waals surface area contributed by atoms with E-state index in [-0.39, 0.29) is 6.42 Å². The van der Waals surface area contributed by atoms with Gasteiger partial charge < -0.3 is 10.8 Å². The Morgan fingerprint density at radius 1 is 1.30 bits per heavy atom. The van der Waals surface area contributed by atoms with Crippen LogP contribution in [0.2, 0.25) is 0 Å². The number of benzene rings is 1. The minimum Gasteiger partial charge on any atom is -0.481 e. The first-order valence-electron chi connectivity index (χ1n) is 6.54. The van der Waals surface area contributed by atoms with Crippen molar-refractivity contribution in [3.63, 3.8) is 0 Å². The maximum absolute atomic E-state index is 10.9. The van der Waals surface area contributed by atoms with Crippen LogP contribution in [0, 0.1) is 13.8 Å². The molecule has 106 valence electrons. The number of hydrogen-bond acceptors (Lipinski definition) is 3. The normalized spacial score (nSPS) is 10.8. The molecular weight excluding hydrogens is 254 g/mol. The molecule has 0 unspecified atom stereocenters. The fourth-order valence-electron chi connectivity index (χ4n) is 2.39. The van der Waals surface area contributed by atoms with Crippen LogP contribution in [0.4, 0.5) is 0 Å².